The van der Waals surface area contributed by atoms with Gasteiger partial charge in [-0.2, -0.15) is 0 Å². The molecule has 1 nitrogen and oxygen atoms in total. The summed E-state index contributed by atoms with van der Waals surface area (Å²) in [4.78, 5) is 0. The Morgan fingerprint density at radius 2 is 1.97 bits per heavy atom. The highest BCUT2D eigenvalue weighted by molar-refractivity contribution is 5.25. The van der Waals surface area contributed by atoms with Crippen molar-refractivity contribution in [3.05, 3.63) is 24.3 Å². The minimum atomic E-state index is -0.0868. The third-order valence-corrected chi connectivity index (χ3v) is 10.6. The standard InChI is InChI=1S/C28H46O/c1-7-17(2)18(3)14-19(4)23-10-11-25-24-9-8-21-16-22(29)12-13-28(21,6)26(24)15-20(5)27(23)25/h7-8,17-20,22-27,29H,1,9-16H2,2-6H3/t17-,18-,19+,20+,22-,23+,24-,25-,26-,27-,28-/m0/s1. The number of hydrogen-bond acceptors (Lipinski definition) is 1. The summed E-state index contributed by atoms with van der Waals surface area (Å²) in [7, 11) is 0. The number of rotatable bonds is 5. The zero-order valence-electron chi connectivity index (χ0n) is 19.7. The first-order valence-electron chi connectivity index (χ1n) is 12.8. The van der Waals surface area contributed by atoms with E-state index < -0.39 is 0 Å². The average molecular weight is 399 g/mol. The van der Waals surface area contributed by atoms with Gasteiger partial charge in [0.25, 0.3) is 0 Å². The maximum atomic E-state index is 10.2. The van der Waals surface area contributed by atoms with Crippen LogP contribution in [-0.4, -0.2) is 11.2 Å². The molecule has 0 aromatic rings. The number of hydrogen-bond donors (Lipinski definition) is 1. The van der Waals surface area contributed by atoms with Crippen molar-refractivity contribution in [2.45, 2.75) is 92.1 Å². The van der Waals surface area contributed by atoms with Gasteiger partial charge in [-0.1, -0.05) is 52.3 Å². The van der Waals surface area contributed by atoms with Gasteiger partial charge >= 0.3 is 0 Å². The Bertz CT molecular complexity index is 634. The van der Waals surface area contributed by atoms with E-state index in [4.69, 9.17) is 0 Å². The maximum Gasteiger partial charge on any atom is 0.0577 e. The predicted molar refractivity (Wildman–Crippen MR) is 123 cm³/mol. The van der Waals surface area contributed by atoms with Gasteiger partial charge in [-0.05, 0) is 110 Å². The summed E-state index contributed by atoms with van der Waals surface area (Å²) in [6.45, 7) is 16.5. The minimum absolute atomic E-state index is 0.0868. The highest BCUT2D eigenvalue weighted by Crippen LogP contribution is 2.64. The fraction of sp³-hybridized carbons (Fsp3) is 0.857. The molecule has 29 heavy (non-hydrogen) atoms. The van der Waals surface area contributed by atoms with Gasteiger partial charge < -0.3 is 5.11 Å². The topological polar surface area (TPSA) is 20.2 Å². The minimum Gasteiger partial charge on any atom is -0.393 e. The summed E-state index contributed by atoms with van der Waals surface area (Å²) in [5, 5.41) is 10.2. The molecule has 1 heteroatoms. The number of aliphatic hydroxyl groups is 1. The molecule has 11 atom stereocenters. The molecule has 4 aliphatic rings. The van der Waals surface area contributed by atoms with E-state index in [-0.39, 0.29) is 6.10 Å². The van der Waals surface area contributed by atoms with Crippen LogP contribution in [-0.2, 0) is 0 Å². The number of aliphatic hydroxyl groups excluding tert-OH is 1. The van der Waals surface area contributed by atoms with E-state index in [1.807, 2.05) is 0 Å². The third-order valence-electron chi connectivity index (χ3n) is 10.6. The molecule has 4 rings (SSSR count). The second-order valence-corrected chi connectivity index (χ2v) is 12.0. The fourth-order valence-corrected chi connectivity index (χ4v) is 8.64. The van der Waals surface area contributed by atoms with Crippen molar-refractivity contribution in [3.8, 4) is 0 Å². The molecular weight excluding hydrogens is 352 g/mol. The molecule has 3 saturated carbocycles. The maximum absolute atomic E-state index is 10.2. The Balaban J connectivity index is 1.51. The molecule has 0 spiro atoms. The van der Waals surface area contributed by atoms with Crippen LogP contribution in [0.5, 0.6) is 0 Å². The summed E-state index contributed by atoms with van der Waals surface area (Å²) in [6.07, 6.45) is 14.8. The molecule has 3 fully saturated rings. The quantitative estimate of drug-likeness (QED) is 0.483. The molecule has 4 aliphatic carbocycles. The second kappa shape index (κ2) is 8.18. The van der Waals surface area contributed by atoms with Crippen LogP contribution in [0.4, 0.5) is 0 Å². The Morgan fingerprint density at radius 1 is 1.21 bits per heavy atom. The van der Waals surface area contributed by atoms with Crippen LogP contribution in [0.1, 0.15) is 86.0 Å². The van der Waals surface area contributed by atoms with E-state index in [0.717, 1.165) is 60.2 Å². The highest BCUT2D eigenvalue weighted by atomic mass is 16.3. The second-order valence-electron chi connectivity index (χ2n) is 12.0. The van der Waals surface area contributed by atoms with Crippen molar-refractivity contribution >= 4 is 0 Å². The Morgan fingerprint density at radius 3 is 2.69 bits per heavy atom. The van der Waals surface area contributed by atoms with Gasteiger partial charge in [-0.15, -0.1) is 6.58 Å². The zero-order valence-corrected chi connectivity index (χ0v) is 19.7. The average Bonchev–Trinajstić information content (AvgIpc) is 3.14. The van der Waals surface area contributed by atoms with Gasteiger partial charge in [-0.25, -0.2) is 0 Å². The monoisotopic (exact) mass is 398 g/mol. The van der Waals surface area contributed by atoms with E-state index in [1.54, 1.807) is 5.57 Å². The van der Waals surface area contributed by atoms with Crippen molar-refractivity contribution < 1.29 is 5.11 Å². The number of allylic oxidation sites excluding steroid dienone is 2. The first kappa shape index (κ1) is 21.7. The van der Waals surface area contributed by atoms with Gasteiger partial charge in [0.05, 0.1) is 6.10 Å². The molecule has 0 aromatic carbocycles. The van der Waals surface area contributed by atoms with Crippen LogP contribution in [0.25, 0.3) is 0 Å². The van der Waals surface area contributed by atoms with E-state index in [2.05, 4.69) is 53.3 Å². The first-order valence-corrected chi connectivity index (χ1v) is 12.8. The molecule has 0 bridgehead atoms. The Labute approximate surface area is 180 Å². The van der Waals surface area contributed by atoms with Crippen LogP contribution >= 0.6 is 0 Å². The molecule has 0 amide bonds. The predicted octanol–water partition coefficient (Wildman–Crippen LogP) is 7.27. The SMILES string of the molecule is C=C[C@H](C)[C@@H](C)C[C@@H](C)[C@H]1CC[C@H]2[C@@H]3CC=C4C[C@@H](O)CC[C@]4(C)[C@H]3C[C@@H](C)[C@H]21. The first-order chi connectivity index (χ1) is 13.8. The van der Waals surface area contributed by atoms with Gasteiger partial charge in [0.1, 0.15) is 0 Å². The molecular formula is C28H46O. The zero-order chi connectivity index (χ0) is 20.9. The summed E-state index contributed by atoms with van der Waals surface area (Å²) >= 11 is 0. The third kappa shape index (κ3) is 3.68. The smallest absolute Gasteiger partial charge is 0.0577 e. The Hall–Kier alpha value is -0.560. The lowest BCUT2D eigenvalue weighted by molar-refractivity contribution is -0.0413. The lowest BCUT2D eigenvalue weighted by Crippen LogP contribution is -2.50. The number of fused-ring (bicyclic) bond motifs is 5. The summed E-state index contributed by atoms with van der Waals surface area (Å²) in [6, 6.07) is 0. The van der Waals surface area contributed by atoms with Crippen molar-refractivity contribution in [1.29, 1.82) is 0 Å². The van der Waals surface area contributed by atoms with Gasteiger partial charge in [0.2, 0.25) is 0 Å². The Kier molecular flexibility index (Phi) is 6.11. The molecule has 1 N–H and O–H groups in total. The highest BCUT2D eigenvalue weighted by Gasteiger charge is 2.56. The molecule has 0 unspecified atom stereocenters. The molecule has 164 valence electrons. The van der Waals surface area contributed by atoms with Gasteiger partial charge in [0.15, 0.2) is 0 Å². The van der Waals surface area contributed by atoms with Crippen LogP contribution < -0.4 is 0 Å². The van der Waals surface area contributed by atoms with Crippen LogP contribution in [0.15, 0.2) is 24.3 Å². The molecule has 0 radical (unpaired) electrons. The van der Waals surface area contributed by atoms with Crippen molar-refractivity contribution in [1.82, 2.24) is 0 Å². The van der Waals surface area contributed by atoms with Crippen molar-refractivity contribution in [2.75, 3.05) is 0 Å². The van der Waals surface area contributed by atoms with E-state index in [1.165, 1.54) is 38.5 Å². The largest absolute Gasteiger partial charge is 0.393 e. The summed E-state index contributed by atoms with van der Waals surface area (Å²) in [5.74, 6) is 7.69. The fourth-order valence-electron chi connectivity index (χ4n) is 8.64. The van der Waals surface area contributed by atoms with E-state index >= 15 is 0 Å². The lowest BCUT2D eigenvalue weighted by atomic mass is 9.48. The van der Waals surface area contributed by atoms with Crippen molar-refractivity contribution in [2.24, 2.45) is 58.7 Å². The van der Waals surface area contributed by atoms with Crippen LogP contribution in [0, 0.1) is 58.7 Å². The molecule has 0 aromatic heterocycles. The van der Waals surface area contributed by atoms with Crippen LogP contribution in [0.2, 0.25) is 0 Å². The van der Waals surface area contributed by atoms with E-state index in [0.29, 0.717) is 11.3 Å². The van der Waals surface area contributed by atoms with Gasteiger partial charge in [0, 0.05) is 0 Å². The molecule has 0 saturated heterocycles. The van der Waals surface area contributed by atoms with Crippen molar-refractivity contribution in [3.63, 3.8) is 0 Å². The van der Waals surface area contributed by atoms with E-state index in [9.17, 15) is 5.11 Å². The summed E-state index contributed by atoms with van der Waals surface area (Å²) in [5.41, 5.74) is 1.98. The summed E-state index contributed by atoms with van der Waals surface area (Å²) < 4.78 is 0. The normalized spacial score (nSPS) is 47.2. The van der Waals surface area contributed by atoms with Crippen LogP contribution in [0.3, 0.4) is 0 Å². The van der Waals surface area contributed by atoms with Gasteiger partial charge in [-0.3, -0.25) is 0 Å². The molecule has 0 aliphatic heterocycles. The lowest BCUT2D eigenvalue weighted by Gasteiger charge is -2.57. The molecule has 0 heterocycles.